The number of aromatic nitrogens is 1. The molecule has 3 aromatic rings. The number of nitrogens with one attached hydrogen (secondary N) is 1. The highest BCUT2D eigenvalue weighted by molar-refractivity contribution is 7.13. The zero-order chi connectivity index (χ0) is 16.9. The van der Waals surface area contributed by atoms with E-state index in [1.165, 1.54) is 17.4 Å². The van der Waals surface area contributed by atoms with Gasteiger partial charge in [0, 0.05) is 28.1 Å². The zero-order valence-electron chi connectivity index (χ0n) is 12.6. The molecule has 0 radical (unpaired) electrons. The molecule has 3 rings (SSSR count). The molecule has 0 bridgehead atoms. The molecule has 0 saturated heterocycles. The Bertz CT molecular complexity index is 865. The average Bonchev–Trinajstić information content (AvgIpc) is 3.02. The summed E-state index contributed by atoms with van der Waals surface area (Å²) in [6.07, 6.45) is 0.158. The van der Waals surface area contributed by atoms with Gasteiger partial charge in [0.2, 0.25) is 5.91 Å². The lowest BCUT2D eigenvalue weighted by Gasteiger charge is -2.05. The molecule has 1 heterocycles. The Labute approximate surface area is 148 Å². The van der Waals surface area contributed by atoms with Crippen molar-refractivity contribution in [3.05, 3.63) is 76.0 Å². The van der Waals surface area contributed by atoms with E-state index in [9.17, 15) is 9.18 Å². The number of nitrogens with zero attached hydrogens (tertiary/aromatic N) is 1. The number of hydrogen-bond donors (Lipinski definition) is 1. The summed E-state index contributed by atoms with van der Waals surface area (Å²) in [5, 5.41) is 6.02. The van der Waals surface area contributed by atoms with Crippen molar-refractivity contribution in [2.24, 2.45) is 0 Å². The van der Waals surface area contributed by atoms with Crippen LogP contribution >= 0.6 is 22.9 Å². The van der Waals surface area contributed by atoms with Gasteiger partial charge in [-0.3, -0.25) is 4.79 Å². The fourth-order valence-corrected chi connectivity index (χ4v) is 3.21. The van der Waals surface area contributed by atoms with E-state index in [4.69, 9.17) is 11.6 Å². The third-order valence-electron chi connectivity index (χ3n) is 3.40. The van der Waals surface area contributed by atoms with Gasteiger partial charge in [-0.25, -0.2) is 9.37 Å². The monoisotopic (exact) mass is 360 g/mol. The summed E-state index contributed by atoms with van der Waals surface area (Å²) in [5.74, 6) is -0.518. The fourth-order valence-electron chi connectivity index (χ4n) is 2.20. The van der Waals surface area contributed by atoms with E-state index in [-0.39, 0.29) is 24.7 Å². The van der Waals surface area contributed by atoms with Gasteiger partial charge in [0.1, 0.15) is 10.8 Å². The van der Waals surface area contributed by atoms with E-state index in [0.29, 0.717) is 16.3 Å². The molecule has 3 nitrogen and oxygen atoms in total. The molecule has 0 aliphatic heterocycles. The molecule has 2 aromatic carbocycles. The Morgan fingerprint density at radius 2 is 2.04 bits per heavy atom. The molecule has 0 fully saturated rings. The van der Waals surface area contributed by atoms with Crippen molar-refractivity contribution >= 4 is 28.8 Å². The first-order valence-electron chi connectivity index (χ1n) is 7.32. The first-order valence-corrected chi connectivity index (χ1v) is 8.58. The van der Waals surface area contributed by atoms with E-state index in [1.54, 1.807) is 24.3 Å². The van der Waals surface area contributed by atoms with E-state index in [0.717, 1.165) is 10.6 Å². The second-order valence-corrected chi connectivity index (χ2v) is 6.49. The van der Waals surface area contributed by atoms with Crippen LogP contribution in [0.4, 0.5) is 4.39 Å². The summed E-state index contributed by atoms with van der Waals surface area (Å²) in [5.41, 5.74) is 2.07. The van der Waals surface area contributed by atoms with Gasteiger partial charge in [-0.05, 0) is 18.2 Å². The Morgan fingerprint density at radius 1 is 1.21 bits per heavy atom. The molecule has 0 atom stereocenters. The smallest absolute Gasteiger partial charge is 0.226 e. The third-order valence-corrected chi connectivity index (χ3v) is 4.57. The zero-order valence-corrected chi connectivity index (χ0v) is 14.2. The minimum Gasteiger partial charge on any atom is -0.352 e. The molecule has 1 amide bonds. The van der Waals surface area contributed by atoms with Crippen molar-refractivity contribution in [1.29, 1.82) is 0 Å². The van der Waals surface area contributed by atoms with Gasteiger partial charge in [-0.2, -0.15) is 0 Å². The lowest BCUT2D eigenvalue weighted by atomic mass is 10.2. The van der Waals surface area contributed by atoms with Gasteiger partial charge in [0.25, 0.3) is 0 Å². The lowest BCUT2D eigenvalue weighted by Crippen LogP contribution is -2.25. The lowest BCUT2D eigenvalue weighted by molar-refractivity contribution is -0.120. The van der Waals surface area contributed by atoms with Crippen LogP contribution in [0.2, 0.25) is 5.02 Å². The first-order chi connectivity index (χ1) is 11.6. The van der Waals surface area contributed by atoms with Crippen LogP contribution in [0.1, 0.15) is 11.3 Å². The molecule has 6 heteroatoms. The largest absolute Gasteiger partial charge is 0.352 e. The molecule has 0 saturated carbocycles. The quantitative estimate of drug-likeness (QED) is 0.729. The number of hydrogen-bond acceptors (Lipinski definition) is 3. The van der Waals surface area contributed by atoms with Gasteiger partial charge >= 0.3 is 0 Å². The number of thiazole rings is 1. The van der Waals surface area contributed by atoms with Gasteiger partial charge in [-0.15, -0.1) is 11.3 Å². The topological polar surface area (TPSA) is 42.0 Å². The van der Waals surface area contributed by atoms with E-state index in [1.807, 2.05) is 23.6 Å². The van der Waals surface area contributed by atoms with Crippen molar-refractivity contribution in [2.75, 3.05) is 0 Å². The van der Waals surface area contributed by atoms with Crippen LogP contribution in [0, 0.1) is 5.82 Å². The summed E-state index contributed by atoms with van der Waals surface area (Å²) in [4.78, 5) is 16.5. The van der Waals surface area contributed by atoms with Gasteiger partial charge in [-0.1, -0.05) is 41.9 Å². The summed E-state index contributed by atoms with van der Waals surface area (Å²) >= 11 is 7.44. The van der Waals surface area contributed by atoms with Crippen LogP contribution in [-0.2, 0) is 17.8 Å². The van der Waals surface area contributed by atoms with Crippen LogP contribution in [0.5, 0.6) is 0 Å². The van der Waals surface area contributed by atoms with Gasteiger partial charge < -0.3 is 5.32 Å². The Morgan fingerprint density at radius 3 is 2.83 bits per heavy atom. The number of halogens is 2. The minimum absolute atomic E-state index is 0.158. The molecular formula is C18H14ClFN2OS. The highest BCUT2D eigenvalue weighted by Crippen LogP contribution is 2.26. The van der Waals surface area contributed by atoms with Crippen molar-refractivity contribution in [2.45, 2.75) is 13.0 Å². The maximum Gasteiger partial charge on any atom is 0.226 e. The summed E-state index contributed by atoms with van der Waals surface area (Å²) in [7, 11) is 0. The van der Waals surface area contributed by atoms with Crippen LogP contribution in [-0.4, -0.2) is 10.9 Å². The normalized spacial score (nSPS) is 10.6. The molecule has 0 aliphatic carbocycles. The predicted molar refractivity (Wildman–Crippen MR) is 94.5 cm³/mol. The number of benzene rings is 2. The highest BCUT2D eigenvalue weighted by Gasteiger charge is 2.10. The van der Waals surface area contributed by atoms with Crippen molar-refractivity contribution in [3.63, 3.8) is 0 Å². The van der Waals surface area contributed by atoms with E-state index >= 15 is 0 Å². The summed E-state index contributed by atoms with van der Waals surface area (Å²) < 4.78 is 13.5. The minimum atomic E-state index is -0.324. The Kier molecular flexibility index (Phi) is 5.23. The van der Waals surface area contributed by atoms with Crippen LogP contribution in [0.25, 0.3) is 10.6 Å². The molecule has 122 valence electrons. The van der Waals surface area contributed by atoms with E-state index in [2.05, 4.69) is 10.3 Å². The summed E-state index contributed by atoms with van der Waals surface area (Å²) in [6, 6.07) is 13.8. The molecular weight excluding hydrogens is 347 g/mol. The SMILES string of the molecule is O=C(Cc1csc(-c2cccc(Cl)c2)n1)NCc1ccccc1F. The average molecular weight is 361 g/mol. The number of carbonyl (C=O) groups is 1. The van der Waals surface area contributed by atoms with Gasteiger partial charge in [0.05, 0.1) is 12.1 Å². The Hall–Kier alpha value is -2.24. The first kappa shape index (κ1) is 16.6. The van der Waals surface area contributed by atoms with Crippen LogP contribution < -0.4 is 5.32 Å². The maximum absolute atomic E-state index is 13.5. The third kappa shape index (κ3) is 4.19. The molecule has 0 unspecified atom stereocenters. The van der Waals surface area contributed by atoms with Crippen LogP contribution in [0.15, 0.2) is 53.9 Å². The maximum atomic E-state index is 13.5. The Balaban J connectivity index is 1.60. The number of amides is 1. The molecule has 24 heavy (non-hydrogen) atoms. The van der Waals surface area contributed by atoms with E-state index < -0.39 is 0 Å². The van der Waals surface area contributed by atoms with Crippen molar-refractivity contribution in [3.8, 4) is 10.6 Å². The van der Waals surface area contributed by atoms with Crippen LogP contribution in [0.3, 0.4) is 0 Å². The molecule has 1 N–H and O–H groups in total. The molecule has 0 spiro atoms. The number of carbonyl (C=O) groups excluding carboxylic acids is 1. The molecule has 0 aliphatic rings. The second kappa shape index (κ2) is 7.55. The summed E-state index contributed by atoms with van der Waals surface area (Å²) in [6.45, 7) is 0.163. The fraction of sp³-hybridized carbons (Fsp3) is 0.111. The predicted octanol–water partition coefficient (Wildman–Crippen LogP) is 4.46. The standard InChI is InChI=1S/C18H14ClFN2OS/c19-14-6-3-5-12(8-14)18-22-15(11-24-18)9-17(23)21-10-13-4-1-2-7-16(13)20/h1-8,11H,9-10H2,(H,21,23). The van der Waals surface area contributed by atoms with Crippen molar-refractivity contribution < 1.29 is 9.18 Å². The second-order valence-electron chi connectivity index (χ2n) is 5.20. The molecule has 1 aromatic heterocycles. The van der Waals surface area contributed by atoms with Crippen molar-refractivity contribution in [1.82, 2.24) is 10.3 Å². The highest BCUT2D eigenvalue weighted by atomic mass is 35.5. The van der Waals surface area contributed by atoms with Gasteiger partial charge in [0.15, 0.2) is 0 Å². The number of rotatable bonds is 5.